The van der Waals surface area contributed by atoms with E-state index in [0.717, 1.165) is 0 Å². The standard InChI is InChI=1S/C5H9F2I/c1-2-3-5(7,8)4-6/h2-4H2,1H3. The van der Waals surface area contributed by atoms with Gasteiger partial charge in [0.2, 0.25) is 0 Å². The average molecular weight is 234 g/mol. The molecular formula is C5H9F2I. The van der Waals surface area contributed by atoms with Crippen molar-refractivity contribution in [3.05, 3.63) is 0 Å². The van der Waals surface area contributed by atoms with E-state index in [9.17, 15) is 8.78 Å². The molecule has 0 aliphatic carbocycles. The van der Waals surface area contributed by atoms with Gasteiger partial charge in [0.15, 0.2) is 3.68 Å². The molecule has 0 aliphatic heterocycles. The molecule has 0 fully saturated rings. The summed E-state index contributed by atoms with van der Waals surface area (Å²) in [5.74, 6) is 0. The lowest BCUT2D eigenvalue weighted by molar-refractivity contribution is 0.228. The molecule has 0 amide bonds. The molecule has 8 heavy (non-hydrogen) atoms. The van der Waals surface area contributed by atoms with E-state index in [-0.39, 0.29) is 0 Å². The fraction of sp³-hybridized carbons (Fsp3) is 1.00. The van der Waals surface area contributed by atoms with E-state index in [1.165, 1.54) is 22.6 Å². The fourth-order valence-electron chi connectivity index (χ4n) is 0.433. The summed E-state index contributed by atoms with van der Waals surface area (Å²) in [6, 6.07) is 0. The van der Waals surface area contributed by atoms with Crippen LogP contribution in [-0.4, -0.2) is 10.4 Å². The smallest absolute Gasteiger partial charge is 0.189 e. The Kier molecular flexibility index (Phi) is 3.85. The van der Waals surface area contributed by atoms with Gasteiger partial charge in [-0.05, 0) is 29.0 Å². The fourth-order valence-corrected chi connectivity index (χ4v) is 0.972. The van der Waals surface area contributed by atoms with Crippen LogP contribution in [0.3, 0.4) is 0 Å². The quantitative estimate of drug-likeness (QED) is 0.520. The predicted molar refractivity (Wildman–Crippen MR) is 38.7 cm³/mol. The number of hydrogen-bond acceptors (Lipinski definition) is 0. The predicted octanol–water partition coefficient (Wildman–Crippen LogP) is 2.86. The lowest BCUT2D eigenvalue weighted by Crippen LogP contribution is -2.14. The lowest BCUT2D eigenvalue weighted by atomic mass is 10.2. The maximum Gasteiger partial charge on any atom is 0.189 e. The Hall–Kier alpha value is 0.590. The zero-order valence-corrected chi connectivity index (χ0v) is 6.91. The molecule has 0 saturated heterocycles. The Morgan fingerprint density at radius 3 is 2.25 bits per heavy atom. The first-order valence-corrected chi connectivity index (χ1v) is 3.64. The van der Waals surface area contributed by atoms with Gasteiger partial charge in [-0.15, -0.1) is 0 Å². The summed E-state index contributed by atoms with van der Waals surface area (Å²) in [5, 5.41) is 0. The largest absolute Gasteiger partial charge is 0.247 e. The van der Waals surface area contributed by atoms with Crippen molar-refractivity contribution in [2.24, 2.45) is 0 Å². The van der Waals surface area contributed by atoms with Crippen LogP contribution in [0.4, 0.5) is 8.78 Å². The van der Waals surface area contributed by atoms with Gasteiger partial charge < -0.3 is 0 Å². The summed E-state index contributed by atoms with van der Waals surface area (Å²) in [6.45, 7) is 0.962. The number of halogens is 3. The van der Waals surface area contributed by atoms with E-state index in [1.807, 2.05) is 6.92 Å². The molecule has 50 valence electrons. The molecule has 0 aliphatic rings. The minimum absolute atomic E-state index is 0.310. The molecule has 0 heterocycles. The van der Waals surface area contributed by atoms with Crippen molar-refractivity contribution < 1.29 is 8.78 Å². The van der Waals surface area contributed by atoms with Crippen LogP contribution in [0, 0.1) is 0 Å². The van der Waals surface area contributed by atoms with E-state index >= 15 is 0 Å². The third kappa shape index (κ3) is 3.57. The van der Waals surface area contributed by atoms with E-state index in [1.54, 1.807) is 0 Å². The van der Waals surface area contributed by atoms with E-state index in [4.69, 9.17) is 0 Å². The van der Waals surface area contributed by atoms with Gasteiger partial charge in [0.25, 0.3) is 0 Å². The maximum atomic E-state index is 12.4. The van der Waals surface area contributed by atoms with Crippen LogP contribution in [-0.2, 0) is 0 Å². The SMILES string of the molecule is CCCC(F)(I)CF. The highest BCUT2D eigenvalue weighted by molar-refractivity contribution is 14.1. The van der Waals surface area contributed by atoms with Gasteiger partial charge >= 0.3 is 0 Å². The van der Waals surface area contributed by atoms with Gasteiger partial charge in [-0.1, -0.05) is 13.3 Å². The molecule has 0 rings (SSSR count). The molecule has 0 nitrogen and oxygen atoms in total. The van der Waals surface area contributed by atoms with Crippen molar-refractivity contribution in [3.8, 4) is 0 Å². The van der Waals surface area contributed by atoms with Gasteiger partial charge in [-0.2, -0.15) is 0 Å². The first-order chi connectivity index (χ1) is 3.62. The molecule has 0 aromatic rings. The Labute approximate surface area is 61.8 Å². The van der Waals surface area contributed by atoms with Crippen molar-refractivity contribution in [1.29, 1.82) is 0 Å². The van der Waals surface area contributed by atoms with Crippen LogP contribution in [0.25, 0.3) is 0 Å². The molecule has 0 saturated carbocycles. The molecule has 1 atom stereocenters. The summed E-state index contributed by atoms with van der Waals surface area (Å²) in [5.41, 5.74) is 0. The van der Waals surface area contributed by atoms with Crippen LogP contribution in [0.15, 0.2) is 0 Å². The molecule has 0 radical (unpaired) electrons. The van der Waals surface area contributed by atoms with E-state index in [2.05, 4.69) is 0 Å². The summed E-state index contributed by atoms with van der Waals surface area (Å²) < 4.78 is 22.4. The first kappa shape index (κ1) is 8.59. The number of alkyl halides is 3. The van der Waals surface area contributed by atoms with Crippen molar-refractivity contribution in [2.75, 3.05) is 6.67 Å². The molecule has 0 N–H and O–H groups in total. The highest BCUT2D eigenvalue weighted by atomic mass is 127. The minimum atomic E-state index is -1.60. The van der Waals surface area contributed by atoms with Crippen LogP contribution < -0.4 is 0 Å². The van der Waals surface area contributed by atoms with Crippen LogP contribution in [0.2, 0.25) is 0 Å². The molecule has 1 unspecified atom stereocenters. The van der Waals surface area contributed by atoms with E-state index < -0.39 is 10.4 Å². The van der Waals surface area contributed by atoms with Crippen molar-refractivity contribution >= 4 is 22.6 Å². The second-order valence-corrected chi connectivity index (χ2v) is 3.67. The molecule has 0 bridgehead atoms. The number of rotatable bonds is 3. The molecule has 0 aromatic carbocycles. The van der Waals surface area contributed by atoms with Crippen molar-refractivity contribution in [3.63, 3.8) is 0 Å². The molecule has 3 heteroatoms. The normalized spacial score (nSPS) is 18.0. The molecular weight excluding hydrogens is 225 g/mol. The second kappa shape index (κ2) is 3.58. The average Bonchev–Trinajstić information content (AvgIpc) is 1.67. The number of hydrogen-bond donors (Lipinski definition) is 0. The van der Waals surface area contributed by atoms with Gasteiger partial charge in [0.1, 0.15) is 6.67 Å². The zero-order valence-electron chi connectivity index (χ0n) is 4.76. The van der Waals surface area contributed by atoms with Gasteiger partial charge in [0.05, 0.1) is 0 Å². The first-order valence-electron chi connectivity index (χ1n) is 2.56. The van der Waals surface area contributed by atoms with Gasteiger partial charge in [0, 0.05) is 0 Å². The van der Waals surface area contributed by atoms with Crippen LogP contribution in [0.5, 0.6) is 0 Å². The lowest BCUT2D eigenvalue weighted by Gasteiger charge is -2.10. The minimum Gasteiger partial charge on any atom is -0.247 e. The van der Waals surface area contributed by atoms with Crippen LogP contribution >= 0.6 is 22.6 Å². The summed E-state index contributed by atoms with van der Waals surface area (Å²) in [4.78, 5) is 0. The maximum absolute atomic E-state index is 12.4. The van der Waals surface area contributed by atoms with Crippen molar-refractivity contribution in [1.82, 2.24) is 0 Å². The Morgan fingerprint density at radius 1 is 1.62 bits per heavy atom. The van der Waals surface area contributed by atoms with Crippen LogP contribution in [0.1, 0.15) is 19.8 Å². The monoisotopic (exact) mass is 234 g/mol. The van der Waals surface area contributed by atoms with Crippen molar-refractivity contribution in [2.45, 2.75) is 23.4 Å². The Bertz CT molecular complexity index is 63.4. The zero-order chi connectivity index (χ0) is 6.62. The highest BCUT2D eigenvalue weighted by Crippen LogP contribution is 2.26. The topological polar surface area (TPSA) is 0 Å². The highest BCUT2D eigenvalue weighted by Gasteiger charge is 2.23. The van der Waals surface area contributed by atoms with Gasteiger partial charge in [-0.25, -0.2) is 8.78 Å². The summed E-state index contributed by atoms with van der Waals surface area (Å²) in [7, 11) is 0. The molecule has 0 aromatic heterocycles. The summed E-state index contributed by atoms with van der Waals surface area (Å²) >= 11 is 1.50. The Balaban J connectivity index is 3.37. The third-order valence-corrected chi connectivity index (χ3v) is 1.64. The third-order valence-electron chi connectivity index (χ3n) is 0.811. The summed E-state index contributed by atoms with van der Waals surface area (Å²) in [6.07, 6.45) is 1.01. The van der Waals surface area contributed by atoms with Gasteiger partial charge in [-0.3, -0.25) is 0 Å². The molecule has 0 spiro atoms. The Morgan fingerprint density at radius 2 is 2.12 bits per heavy atom. The second-order valence-electron chi connectivity index (χ2n) is 1.74. The van der Waals surface area contributed by atoms with E-state index in [0.29, 0.717) is 12.8 Å².